The monoisotopic (exact) mass is 820 g/mol. The fourth-order valence-electron chi connectivity index (χ4n) is 8.03. The standard InChI is InChI=1S/C57H36N4S/c1-4-14-37(15-5-1)39-24-26-41(27-25-39)56-58-55(40-18-8-3-9-19-40)59-57(60-56)49-36-43(44-30-33-54-48(35-44)46-21-11-13-23-53(46)62-54)29-32-52(49)61-50-22-12-10-20-45(50)47-34-42(28-31-51(47)61)38-16-6-2-7-17-38/h1-36H/i2D,6D,7D,10D,12D,16D,17D,20D,22D,28D,31D,34D. The number of aromatic nitrogens is 4. The van der Waals surface area contributed by atoms with E-state index in [1.165, 1.54) is 4.57 Å². The third-order valence-corrected chi connectivity index (χ3v) is 12.2. The number of nitrogens with zero attached hydrogens (tertiary/aromatic N) is 4. The summed E-state index contributed by atoms with van der Waals surface area (Å²) in [5, 5.41) is 1.81. The van der Waals surface area contributed by atoms with Crippen LogP contribution in [-0.4, -0.2) is 19.5 Å². The molecule has 5 heteroatoms. The molecule has 0 radical (unpaired) electrons. The molecule has 0 aliphatic heterocycles. The second-order valence-electron chi connectivity index (χ2n) is 14.7. The topological polar surface area (TPSA) is 43.6 Å². The van der Waals surface area contributed by atoms with Gasteiger partial charge in [0.25, 0.3) is 0 Å². The van der Waals surface area contributed by atoms with Crippen molar-refractivity contribution in [1.29, 1.82) is 0 Å². The van der Waals surface area contributed by atoms with Crippen LogP contribution in [0.3, 0.4) is 0 Å². The van der Waals surface area contributed by atoms with E-state index < -0.39 is 83.6 Å². The molecule has 0 saturated heterocycles. The minimum absolute atomic E-state index is 0.125. The van der Waals surface area contributed by atoms with Crippen LogP contribution in [0.2, 0.25) is 0 Å². The summed E-state index contributed by atoms with van der Waals surface area (Å²) in [5.74, 6) is 0.817. The lowest BCUT2D eigenvalue weighted by atomic mass is 9.99. The highest BCUT2D eigenvalue weighted by atomic mass is 32.1. The van der Waals surface area contributed by atoms with E-state index in [0.29, 0.717) is 28.3 Å². The van der Waals surface area contributed by atoms with Crippen LogP contribution in [-0.2, 0) is 0 Å². The van der Waals surface area contributed by atoms with Gasteiger partial charge in [0.1, 0.15) is 0 Å². The lowest BCUT2D eigenvalue weighted by molar-refractivity contribution is 1.06. The van der Waals surface area contributed by atoms with Crippen molar-refractivity contribution in [2.75, 3.05) is 0 Å². The molecular weight excluding hydrogens is 773 g/mol. The molecule has 12 rings (SSSR count). The zero-order valence-electron chi connectivity index (χ0n) is 44.6. The zero-order chi connectivity index (χ0) is 51.4. The predicted molar refractivity (Wildman–Crippen MR) is 260 cm³/mol. The van der Waals surface area contributed by atoms with Crippen LogP contribution in [0.4, 0.5) is 0 Å². The molecule has 0 saturated carbocycles. The minimum atomic E-state index is -0.703. The Balaban J connectivity index is 1.20. The first-order chi connectivity index (χ1) is 35.7. The molecule has 0 spiro atoms. The molecule has 0 aliphatic carbocycles. The number of fused-ring (bicyclic) bond motifs is 6. The second kappa shape index (κ2) is 14.9. The quantitative estimate of drug-likeness (QED) is 0.161. The number of hydrogen-bond acceptors (Lipinski definition) is 4. The molecule has 0 atom stereocenters. The largest absolute Gasteiger partial charge is 0.309 e. The van der Waals surface area contributed by atoms with Crippen molar-refractivity contribution >= 4 is 53.3 Å². The van der Waals surface area contributed by atoms with Gasteiger partial charge in [0, 0.05) is 47.6 Å². The lowest BCUT2D eigenvalue weighted by Gasteiger charge is -2.16. The van der Waals surface area contributed by atoms with Crippen molar-refractivity contribution < 1.29 is 16.4 Å². The molecule has 4 nitrogen and oxygen atoms in total. The van der Waals surface area contributed by atoms with Crippen LogP contribution in [0.25, 0.3) is 115 Å². The van der Waals surface area contributed by atoms with Crippen LogP contribution in [0.15, 0.2) is 218 Å². The van der Waals surface area contributed by atoms with E-state index in [1.54, 1.807) is 17.4 Å². The number of hydrogen-bond donors (Lipinski definition) is 0. The molecule has 3 heterocycles. The molecule has 0 fully saturated rings. The maximum Gasteiger partial charge on any atom is 0.166 e. The molecule has 12 aromatic rings. The average molecular weight is 821 g/mol. The Morgan fingerprint density at radius 1 is 0.371 bits per heavy atom. The van der Waals surface area contributed by atoms with E-state index in [9.17, 15) is 6.85 Å². The Kier molecular flexibility index (Phi) is 6.16. The Morgan fingerprint density at radius 2 is 0.952 bits per heavy atom. The van der Waals surface area contributed by atoms with Gasteiger partial charge in [0.15, 0.2) is 17.5 Å². The summed E-state index contributed by atoms with van der Waals surface area (Å²) >= 11 is 1.69. The molecule has 0 amide bonds. The van der Waals surface area contributed by atoms with Gasteiger partial charge in [-0.05, 0) is 81.8 Å². The number of thiophene rings is 1. The molecule has 3 aromatic heterocycles. The highest BCUT2D eigenvalue weighted by Gasteiger charge is 2.21. The predicted octanol–water partition coefficient (Wildman–Crippen LogP) is 15.3. The van der Waals surface area contributed by atoms with Gasteiger partial charge >= 0.3 is 0 Å². The zero-order valence-corrected chi connectivity index (χ0v) is 33.4. The molecule has 0 aliphatic rings. The fourth-order valence-corrected chi connectivity index (χ4v) is 9.12. The Hall–Kier alpha value is -7.99. The molecule has 9 aromatic carbocycles. The molecular formula is C57H36N4S. The van der Waals surface area contributed by atoms with Crippen LogP contribution >= 0.6 is 11.3 Å². The summed E-state index contributed by atoms with van der Waals surface area (Å²) < 4.78 is 112. The number of para-hydroxylation sites is 1. The van der Waals surface area contributed by atoms with E-state index in [1.807, 2.05) is 115 Å². The number of rotatable bonds is 7. The van der Waals surface area contributed by atoms with Gasteiger partial charge in [-0.15, -0.1) is 11.3 Å². The number of benzene rings is 9. The summed E-state index contributed by atoms with van der Waals surface area (Å²) in [6.45, 7) is 0. The third-order valence-electron chi connectivity index (χ3n) is 11.0. The Labute approximate surface area is 379 Å². The van der Waals surface area contributed by atoms with Crippen molar-refractivity contribution in [3.63, 3.8) is 0 Å². The van der Waals surface area contributed by atoms with Crippen LogP contribution in [0.5, 0.6) is 0 Å². The minimum Gasteiger partial charge on any atom is -0.309 e. The maximum atomic E-state index is 9.81. The third kappa shape index (κ3) is 6.26. The van der Waals surface area contributed by atoms with E-state index in [4.69, 9.17) is 24.5 Å². The maximum absolute atomic E-state index is 9.81. The van der Waals surface area contributed by atoms with Crippen LogP contribution in [0, 0.1) is 0 Å². The highest BCUT2D eigenvalue weighted by Crippen LogP contribution is 2.41. The first kappa shape index (κ1) is 25.6. The van der Waals surface area contributed by atoms with Gasteiger partial charge in [-0.2, -0.15) is 0 Å². The summed E-state index contributed by atoms with van der Waals surface area (Å²) in [6.07, 6.45) is 0. The van der Waals surface area contributed by atoms with Gasteiger partial charge in [-0.1, -0.05) is 170 Å². The van der Waals surface area contributed by atoms with Gasteiger partial charge in [0.05, 0.1) is 33.2 Å². The summed E-state index contributed by atoms with van der Waals surface area (Å²) in [7, 11) is 0. The van der Waals surface area contributed by atoms with Crippen molar-refractivity contribution in [1.82, 2.24) is 19.5 Å². The van der Waals surface area contributed by atoms with Crippen molar-refractivity contribution in [2.45, 2.75) is 0 Å². The van der Waals surface area contributed by atoms with E-state index in [2.05, 4.69) is 24.3 Å². The normalized spacial score (nSPS) is 14.3. The summed E-state index contributed by atoms with van der Waals surface area (Å²) in [4.78, 5) is 15.3. The summed E-state index contributed by atoms with van der Waals surface area (Å²) in [5.41, 5.74) is 4.33. The van der Waals surface area contributed by atoms with Gasteiger partial charge < -0.3 is 4.57 Å². The first-order valence-electron chi connectivity index (χ1n) is 25.9. The molecule has 0 N–H and O–H groups in total. The van der Waals surface area contributed by atoms with Crippen molar-refractivity contribution in [3.05, 3.63) is 218 Å². The first-order valence-corrected chi connectivity index (χ1v) is 20.7. The summed E-state index contributed by atoms with van der Waals surface area (Å²) in [6, 6.07) is 39.6. The van der Waals surface area contributed by atoms with Crippen LogP contribution < -0.4 is 0 Å². The van der Waals surface area contributed by atoms with E-state index >= 15 is 0 Å². The lowest BCUT2D eigenvalue weighted by Crippen LogP contribution is -2.04. The van der Waals surface area contributed by atoms with Gasteiger partial charge in [0.2, 0.25) is 0 Å². The van der Waals surface area contributed by atoms with Gasteiger partial charge in [-0.25, -0.2) is 15.0 Å². The average Bonchev–Trinajstić information content (AvgIpc) is 4.00. The molecule has 0 unspecified atom stereocenters. The molecule has 290 valence electrons. The van der Waals surface area contributed by atoms with E-state index in [-0.39, 0.29) is 33.3 Å². The van der Waals surface area contributed by atoms with Crippen molar-refractivity contribution in [2.24, 2.45) is 0 Å². The SMILES string of the molecule is [2H]c1c([2H])c([2H])c(-c2c([2H])c([2H])c3c(c2[2H])c2c([2H])c([2H])c([2H])c([2H])c2n3-c2ccc(-c3ccc4sc5ccccc5c4c3)cc2-c2nc(-c3ccccc3)nc(-c3ccc(-c4ccccc4)cc3)n2)c([2H])c1[2H]. The smallest absolute Gasteiger partial charge is 0.166 e. The Bertz CT molecular complexity index is 4300. The van der Waals surface area contributed by atoms with Crippen LogP contribution in [0.1, 0.15) is 16.4 Å². The molecule has 0 bridgehead atoms. The fraction of sp³-hybridized carbons (Fsp3) is 0. The Morgan fingerprint density at radius 3 is 1.76 bits per heavy atom. The van der Waals surface area contributed by atoms with Gasteiger partial charge in [-0.3, -0.25) is 0 Å². The van der Waals surface area contributed by atoms with E-state index in [0.717, 1.165) is 42.4 Å². The molecule has 62 heavy (non-hydrogen) atoms. The van der Waals surface area contributed by atoms with Crippen molar-refractivity contribution in [3.8, 4) is 73.2 Å². The highest BCUT2D eigenvalue weighted by molar-refractivity contribution is 7.25. The second-order valence-corrected chi connectivity index (χ2v) is 15.8.